The number of primary amides is 1. The van der Waals surface area contributed by atoms with E-state index in [4.69, 9.17) is 16.2 Å². The molecule has 0 bridgehead atoms. The average Bonchev–Trinajstić information content (AvgIpc) is 2.28. The normalized spacial score (nSPS) is 15.8. The molecule has 1 amide bonds. The van der Waals surface area contributed by atoms with Crippen LogP contribution >= 0.6 is 0 Å². The van der Waals surface area contributed by atoms with Gasteiger partial charge in [-0.2, -0.15) is 0 Å². The summed E-state index contributed by atoms with van der Waals surface area (Å²) < 4.78 is 4.89. The van der Waals surface area contributed by atoms with Crippen LogP contribution in [0.15, 0.2) is 0 Å². The Kier molecular flexibility index (Phi) is 7.54. The highest BCUT2D eigenvalue weighted by Gasteiger charge is 2.29. The van der Waals surface area contributed by atoms with Gasteiger partial charge >= 0.3 is 5.97 Å². The number of nitrogens with two attached hydrogens (primary N) is 2. The molecule has 0 saturated carbocycles. The molecular formula is C12H25N3O3. The van der Waals surface area contributed by atoms with Gasteiger partial charge in [0.1, 0.15) is 5.54 Å². The summed E-state index contributed by atoms with van der Waals surface area (Å²) in [5, 5.41) is 2.84. The molecule has 2 atom stereocenters. The highest BCUT2D eigenvalue weighted by molar-refractivity contribution is 5.80. The number of hydrogen-bond donors (Lipinski definition) is 3. The van der Waals surface area contributed by atoms with Crippen molar-refractivity contribution in [1.29, 1.82) is 0 Å². The number of carbonyl (C=O) groups is 2. The maximum atomic E-state index is 11.5. The van der Waals surface area contributed by atoms with Crippen LogP contribution in [0.25, 0.3) is 0 Å². The Morgan fingerprint density at radius 3 is 2.44 bits per heavy atom. The van der Waals surface area contributed by atoms with Crippen LogP contribution < -0.4 is 16.8 Å². The fourth-order valence-corrected chi connectivity index (χ4v) is 1.67. The molecule has 0 aromatic carbocycles. The van der Waals surface area contributed by atoms with Gasteiger partial charge in [0.25, 0.3) is 0 Å². The molecule has 5 N–H and O–H groups in total. The summed E-state index contributed by atoms with van der Waals surface area (Å²) >= 11 is 0. The van der Waals surface area contributed by atoms with E-state index in [1.807, 2.05) is 0 Å². The van der Waals surface area contributed by atoms with Gasteiger partial charge in [0, 0.05) is 0 Å². The van der Waals surface area contributed by atoms with E-state index in [0.29, 0.717) is 19.4 Å². The van der Waals surface area contributed by atoms with Crippen LogP contribution in [-0.2, 0) is 14.3 Å². The minimum absolute atomic E-state index is 0.323. The first-order chi connectivity index (χ1) is 8.35. The van der Waals surface area contributed by atoms with E-state index in [1.54, 1.807) is 20.9 Å². The summed E-state index contributed by atoms with van der Waals surface area (Å²) in [5.74, 6) is -0.747. The van der Waals surface area contributed by atoms with Crippen LogP contribution in [0.2, 0.25) is 0 Å². The van der Waals surface area contributed by atoms with Crippen molar-refractivity contribution in [3.05, 3.63) is 0 Å². The molecule has 0 fully saturated rings. The molecule has 0 aromatic heterocycles. The van der Waals surface area contributed by atoms with Crippen LogP contribution in [0.3, 0.4) is 0 Å². The molecule has 0 aliphatic heterocycles. The van der Waals surface area contributed by atoms with Crippen LogP contribution in [0.4, 0.5) is 0 Å². The number of rotatable bonds is 9. The van der Waals surface area contributed by atoms with Crippen LogP contribution in [0.5, 0.6) is 0 Å². The number of carbonyl (C=O) groups excluding carboxylic acids is 2. The van der Waals surface area contributed by atoms with Crippen molar-refractivity contribution in [2.24, 2.45) is 11.5 Å². The molecule has 106 valence electrons. The van der Waals surface area contributed by atoms with E-state index in [-0.39, 0.29) is 17.9 Å². The van der Waals surface area contributed by atoms with E-state index in [9.17, 15) is 9.59 Å². The molecule has 6 nitrogen and oxygen atoms in total. The second kappa shape index (κ2) is 8.05. The first-order valence-electron chi connectivity index (χ1n) is 6.27. The number of ether oxygens (including phenoxy) is 1. The summed E-state index contributed by atoms with van der Waals surface area (Å²) in [4.78, 5) is 22.5. The third-order valence-corrected chi connectivity index (χ3v) is 2.87. The minimum Gasteiger partial charge on any atom is -0.465 e. The lowest BCUT2D eigenvalue weighted by Gasteiger charge is -2.22. The molecule has 0 rings (SSSR count). The number of unbranched alkanes of at least 4 members (excludes halogenated alkanes) is 1. The Hall–Kier alpha value is -1.14. The average molecular weight is 259 g/mol. The quantitative estimate of drug-likeness (QED) is 0.396. The molecule has 0 aliphatic carbocycles. The van der Waals surface area contributed by atoms with E-state index < -0.39 is 5.54 Å². The smallest absolute Gasteiger partial charge is 0.325 e. The number of amides is 1. The minimum atomic E-state index is -0.960. The van der Waals surface area contributed by atoms with Crippen molar-refractivity contribution in [2.45, 2.75) is 51.1 Å². The summed E-state index contributed by atoms with van der Waals surface area (Å²) in [6.45, 7) is 3.74. The van der Waals surface area contributed by atoms with Gasteiger partial charge in [-0.05, 0) is 33.7 Å². The lowest BCUT2D eigenvalue weighted by atomic mass is 9.95. The lowest BCUT2D eigenvalue weighted by Crippen LogP contribution is -2.46. The summed E-state index contributed by atoms with van der Waals surface area (Å²) in [6, 6.07) is -0.323. The van der Waals surface area contributed by atoms with Gasteiger partial charge in [-0.1, -0.05) is 12.8 Å². The fraction of sp³-hybridized carbons (Fsp3) is 0.833. The zero-order chi connectivity index (χ0) is 14.2. The Bertz CT molecular complexity index is 280. The van der Waals surface area contributed by atoms with Crippen molar-refractivity contribution < 1.29 is 14.3 Å². The number of hydrogen-bond acceptors (Lipinski definition) is 5. The lowest BCUT2D eigenvalue weighted by molar-refractivity contribution is -0.149. The third-order valence-electron chi connectivity index (χ3n) is 2.87. The molecule has 0 aliphatic rings. The molecule has 0 radical (unpaired) electrons. The highest BCUT2D eigenvalue weighted by Crippen LogP contribution is 2.14. The maximum absolute atomic E-state index is 11.5. The van der Waals surface area contributed by atoms with Crippen molar-refractivity contribution >= 4 is 11.9 Å². The topological polar surface area (TPSA) is 107 Å². The molecule has 0 spiro atoms. The van der Waals surface area contributed by atoms with Gasteiger partial charge in [-0.15, -0.1) is 0 Å². The Morgan fingerprint density at radius 2 is 2.00 bits per heavy atom. The van der Waals surface area contributed by atoms with Gasteiger partial charge in [-0.3, -0.25) is 9.59 Å². The molecule has 18 heavy (non-hydrogen) atoms. The molecule has 2 unspecified atom stereocenters. The summed E-state index contributed by atoms with van der Waals surface area (Å²) in [7, 11) is 1.70. The van der Waals surface area contributed by atoms with E-state index in [2.05, 4.69) is 5.32 Å². The Labute approximate surface area is 108 Å². The standard InChI is InChI=1S/C12H25N3O3/c1-4-18-11(17)12(2,14)8-6-5-7-9(15-3)10(13)16/h9,15H,4-8,14H2,1-3H3,(H2,13,16). The SMILES string of the molecule is CCOC(=O)C(C)(N)CCCCC(NC)C(N)=O. The molecule has 0 saturated heterocycles. The third kappa shape index (κ3) is 5.97. The second-order valence-electron chi connectivity index (χ2n) is 4.63. The van der Waals surface area contributed by atoms with E-state index in [0.717, 1.165) is 12.8 Å². The number of nitrogens with one attached hydrogen (secondary N) is 1. The van der Waals surface area contributed by atoms with Crippen LogP contribution in [0, 0.1) is 0 Å². The molecule has 6 heteroatoms. The summed E-state index contributed by atoms with van der Waals surface area (Å²) in [5.41, 5.74) is 10.1. The highest BCUT2D eigenvalue weighted by atomic mass is 16.5. The zero-order valence-corrected chi connectivity index (χ0v) is 11.5. The van der Waals surface area contributed by atoms with Gasteiger partial charge in [-0.25, -0.2) is 0 Å². The van der Waals surface area contributed by atoms with Gasteiger partial charge in [0.05, 0.1) is 12.6 Å². The first-order valence-corrected chi connectivity index (χ1v) is 6.27. The van der Waals surface area contributed by atoms with Gasteiger partial charge in [0.2, 0.25) is 5.91 Å². The van der Waals surface area contributed by atoms with Gasteiger partial charge in [0.15, 0.2) is 0 Å². The monoisotopic (exact) mass is 259 g/mol. The second-order valence-corrected chi connectivity index (χ2v) is 4.63. The van der Waals surface area contributed by atoms with Crippen LogP contribution in [-0.4, -0.2) is 37.1 Å². The molecule has 0 aromatic rings. The Balaban J connectivity index is 3.96. The zero-order valence-electron chi connectivity index (χ0n) is 11.5. The van der Waals surface area contributed by atoms with Crippen molar-refractivity contribution in [1.82, 2.24) is 5.32 Å². The van der Waals surface area contributed by atoms with E-state index >= 15 is 0 Å². The fourth-order valence-electron chi connectivity index (χ4n) is 1.67. The Morgan fingerprint density at radius 1 is 1.39 bits per heavy atom. The number of likely N-dealkylation sites (N-methyl/N-ethyl adjacent to an activating group) is 1. The molecule has 0 heterocycles. The molecular weight excluding hydrogens is 234 g/mol. The predicted octanol–water partition coefficient (Wildman–Crippen LogP) is -0.0994. The number of esters is 1. The van der Waals surface area contributed by atoms with Gasteiger partial charge < -0.3 is 21.5 Å². The first kappa shape index (κ1) is 16.9. The van der Waals surface area contributed by atoms with Crippen molar-refractivity contribution in [3.63, 3.8) is 0 Å². The van der Waals surface area contributed by atoms with E-state index in [1.165, 1.54) is 0 Å². The van der Waals surface area contributed by atoms with Crippen molar-refractivity contribution in [3.8, 4) is 0 Å². The largest absolute Gasteiger partial charge is 0.465 e. The predicted molar refractivity (Wildman–Crippen MR) is 69.7 cm³/mol. The van der Waals surface area contributed by atoms with Crippen LogP contribution in [0.1, 0.15) is 39.5 Å². The maximum Gasteiger partial charge on any atom is 0.325 e. The van der Waals surface area contributed by atoms with Crippen molar-refractivity contribution in [2.75, 3.05) is 13.7 Å². The summed E-state index contributed by atoms with van der Waals surface area (Å²) in [6.07, 6.45) is 2.70.